The summed E-state index contributed by atoms with van der Waals surface area (Å²) in [7, 11) is 0. The van der Waals surface area contributed by atoms with Crippen molar-refractivity contribution in [2.75, 3.05) is 5.32 Å². The molecule has 6 heteroatoms. The number of benzene rings is 1. The highest BCUT2D eigenvalue weighted by Crippen LogP contribution is 2.62. The van der Waals surface area contributed by atoms with Crippen molar-refractivity contribution in [3.8, 4) is 5.75 Å². The van der Waals surface area contributed by atoms with Gasteiger partial charge in [-0.3, -0.25) is 9.59 Å². The lowest BCUT2D eigenvalue weighted by atomic mass is 9.53. The Kier molecular flexibility index (Phi) is 5.63. The molecule has 0 saturated heterocycles. The smallest absolute Gasteiger partial charge is 0.226 e. The first-order valence-electron chi connectivity index (χ1n) is 12.3. The molecule has 0 radical (unpaired) electrons. The second-order valence-corrected chi connectivity index (χ2v) is 12.0. The van der Waals surface area contributed by atoms with E-state index in [9.17, 15) is 14.7 Å². The van der Waals surface area contributed by atoms with Crippen LogP contribution in [0.25, 0.3) is 0 Å². The molecule has 0 spiro atoms. The van der Waals surface area contributed by atoms with Crippen molar-refractivity contribution in [1.82, 2.24) is 4.98 Å². The number of hydrogen-bond acceptors (Lipinski definition) is 5. The molecule has 1 heterocycles. The number of amides is 1. The van der Waals surface area contributed by atoms with Gasteiger partial charge in [-0.15, -0.1) is 11.3 Å². The number of Topliss-reactive ketones (excluding diaryl/α,β-unsaturated/α-hetero) is 1. The monoisotopic (exact) mass is 466 g/mol. The van der Waals surface area contributed by atoms with E-state index >= 15 is 0 Å². The minimum atomic E-state index is -0.257. The van der Waals surface area contributed by atoms with E-state index in [1.54, 1.807) is 6.20 Å². The maximum atomic E-state index is 13.2. The molecule has 3 aliphatic carbocycles. The van der Waals surface area contributed by atoms with Gasteiger partial charge in [0.25, 0.3) is 0 Å². The standard InChI is InChI=1S/C27H34N2O3S/c1-14-11-21-18(16(3)25(14)32)6-7-20-19(21)9-10-27(4)22(30)12-17(24(20)27)5-8-23(31)29-26-28-13-15(2)33-26/h11,13,17,19-20,24,32H,5-10,12H2,1-4H3,(H,28,29,31). The van der Waals surface area contributed by atoms with Crippen LogP contribution in [0.2, 0.25) is 0 Å². The van der Waals surface area contributed by atoms with Gasteiger partial charge in [0.15, 0.2) is 5.13 Å². The molecule has 1 aromatic carbocycles. The zero-order valence-corrected chi connectivity index (χ0v) is 20.8. The molecule has 1 aromatic heterocycles. The maximum absolute atomic E-state index is 13.2. The number of aromatic nitrogens is 1. The third-order valence-electron chi connectivity index (χ3n) is 8.92. The number of fused-ring (bicyclic) bond motifs is 5. The normalized spacial score (nSPS) is 30.5. The van der Waals surface area contributed by atoms with E-state index in [-0.39, 0.29) is 17.2 Å². The van der Waals surface area contributed by atoms with E-state index in [0.717, 1.165) is 48.1 Å². The van der Waals surface area contributed by atoms with Crippen LogP contribution in [0.3, 0.4) is 0 Å². The average molecular weight is 467 g/mol. The maximum Gasteiger partial charge on any atom is 0.226 e. The van der Waals surface area contributed by atoms with Crippen LogP contribution in [0.15, 0.2) is 12.3 Å². The SMILES string of the molecule is Cc1cnc(NC(=O)CCC2CC(=O)C3(C)CCC4c5cc(C)c(O)c(C)c5CCC4C23)s1. The zero-order chi connectivity index (χ0) is 23.5. The van der Waals surface area contributed by atoms with E-state index in [0.29, 0.717) is 47.3 Å². The molecule has 2 N–H and O–H groups in total. The summed E-state index contributed by atoms with van der Waals surface area (Å²) in [6.45, 7) is 8.20. The lowest BCUT2D eigenvalue weighted by Crippen LogP contribution is -2.44. The highest BCUT2D eigenvalue weighted by atomic mass is 32.1. The number of phenols is 1. The largest absolute Gasteiger partial charge is 0.507 e. The number of aryl methyl sites for hydroxylation is 2. The van der Waals surface area contributed by atoms with Crippen molar-refractivity contribution >= 4 is 28.2 Å². The minimum absolute atomic E-state index is 0.00604. The summed E-state index contributed by atoms with van der Waals surface area (Å²) in [4.78, 5) is 31.1. The van der Waals surface area contributed by atoms with Gasteiger partial charge in [-0.25, -0.2) is 4.98 Å². The Morgan fingerprint density at radius 2 is 2.09 bits per heavy atom. The molecule has 0 aliphatic heterocycles. The van der Waals surface area contributed by atoms with Gasteiger partial charge in [-0.05, 0) is 98.8 Å². The first kappa shape index (κ1) is 22.6. The van der Waals surface area contributed by atoms with Crippen molar-refractivity contribution in [2.45, 2.75) is 78.6 Å². The van der Waals surface area contributed by atoms with Crippen LogP contribution in [-0.4, -0.2) is 21.8 Å². The van der Waals surface area contributed by atoms with Gasteiger partial charge in [-0.2, -0.15) is 0 Å². The molecular weight excluding hydrogens is 432 g/mol. The number of anilines is 1. The number of carbonyl (C=O) groups excluding carboxylic acids is 2. The third kappa shape index (κ3) is 3.71. The summed E-state index contributed by atoms with van der Waals surface area (Å²) < 4.78 is 0. The van der Waals surface area contributed by atoms with Crippen LogP contribution in [0, 0.1) is 43.9 Å². The van der Waals surface area contributed by atoms with Crippen molar-refractivity contribution in [1.29, 1.82) is 0 Å². The molecule has 0 bridgehead atoms. The quantitative estimate of drug-likeness (QED) is 0.593. The van der Waals surface area contributed by atoms with Crippen LogP contribution in [0.1, 0.15) is 78.5 Å². The second-order valence-electron chi connectivity index (χ2n) is 10.8. The van der Waals surface area contributed by atoms with Crippen molar-refractivity contribution in [3.63, 3.8) is 0 Å². The molecule has 3 aliphatic rings. The van der Waals surface area contributed by atoms with Crippen LogP contribution in [0.4, 0.5) is 5.13 Å². The number of nitrogens with one attached hydrogen (secondary N) is 1. The minimum Gasteiger partial charge on any atom is -0.507 e. The van der Waals surface area contributed by atoms with Gasteiger partial charge >= 0.3 is 0 Å². The fraction of sp³-hybridized carbons (Fsp3) is 0.593. The molecule has 33 heavy (non-hydrogen) atoms. The molecule has 5 atom stereocenters. The molecule has 5 nitrogen and oxygen atoms in total. The van der Waals surface area contributed by atoms with Gasteiger partial charge in [-0.1, -0.05) is 13.0 Å². The Morgan fingerprint density at radius 3 is 2.82 bits per heavy atom. The predicted octanol–water partition coefficient (Wildman–Crippen LogP) is 5.84. The van der Waals surface area contributed by atoms with Crippen LogP contribution < -0.4 is 5.32 Å². The van der Waals surface area contributed by atoms with E-state index in [1.165, 1.54) is 22.5 Å². The summed E-state index contributed by atoms with van der Waals surface area (Å²) in [6, 6.07) is 2.20. The van der Waals surface area contributed by atoms with E-state index in [1.807, 2.05) is 20.8 Å². The summed E-state index contributed by atoms with van der Waals surface area (Å²) >= 11 is 1.49. The summed E-state index contributed by atoms with van der Waals surface area (Å²) in [5.74, 6) is 2.35. The molecule has 2 aromatic rings. The Balaban J connectivity index is 1.37. The highest BCUT2D eigenvalue weighted by Gasteiger charge is 2.58. The fourth-order valence-corrected chi connectivity index (χ4v) is 8.01. The van der Waals surface area contributed by atoms with Gasteiger partial charge in [0.05, 0.1) is 0 Å². The number of nitrogens with zero attached hydrogens (tertiary/aromatic N) is 1. The fourth-order valence-electron chi connectivity index (χ4n) is 7.33. The molecule has 1 amide bonds. The number of rotatable bonds is 4. The number of hydrogen-bond donors (Lipinski definition) is 2. The molecular formula is C27H34N2O3S. The first-order valence-corrected chi connectivity index (χ1v) is 13.1. The Hall–Kier alpha value is -2.21. The first-order chi connectivity index (χ1) is 15.7. The second kappa shape index (κ2) is 8.23. The number of phenolic OH excluding ortho intramolecular Hbond substituents is 1. The Morgan fingerprint density at radius 1 is 1.30 bits per heavy atom. The third-order valence-corrected chi connectivity index (χ3v) is 9.75. The van der Waals surface area contributed by atoms with Crippen molar-refractivity contribution < 1.29 is 14.7 Å². The zero-order valence-electron chi connectivity index (χ0n) is 20.0. The van der Waals surface area contributed by atoms with Gasteiger partial charge in [0.2, 0.25) is 5.91 Å². The Bertz CT molecular complexity index is 1120. The van der Waals surface area contributed by atoms with E-state index in [2.05, 4.69) is 23.3 Å². The summed E-state index contributed by atoms with van der Waals surface area (Å²) in [6.07, 6.45) is 7.56. The van der Waals surface area contributed by atoms with Gasteiger partial charge < -0.3 is 10.4 Å². The van der Waals surface area contributed by atoms with Gasteiger partial charge in [0, 0.05) is 29.3 Å². The van der Waals surface area contributed by atoms with Crippen molar-refractivity contribution in [2.24, 2.45) is 23.2 Å². The molecule has 5 unspecified atom stereocenters. The lowest BCUT2D eigenvalue weighted by Gasteiger charge is -2.50. The molecule has 5 rings (SSSR count). The summed E-state index contributed by atoms with van der Waals surface area (Å²) in [5.41, 5.74) is 4.45. The van der Waals surface area contributed by atoms with Crippen LogP contribution in [0.5, 0.6) is 5.75 Å². The lowest BCUT2D eigenvalue weighted by molar-refractivity contribution is -0.129. The van der Waals surface area contributed by atoms with E-state index in [4.69, 9.17) is 0 Å². The predicted molar refractivity (Wildman–Crippen MR) is 131 cm³/mol. The Labute approximate surface area is 200 Å². The van der Waals surface area contributed by atoms with Crippen molar-refractivity contribution in [3.05, 3.63) is 39.4 Å². The number of carbonyl (C=O) groups is 2. The van der Waals surface area contributed by atoms with E-state index < -0.39 is 0 Å². The highest BCUT2D eigenvalue weighted by molar-refractivity contribution is 7.15. The molecule has 2 saturated carbocycles. The van der Waals surface area contributed by atoms with Crippen LogP contribution >= 0.6 is 11.3 Å². The summed E-state index contributed by atoms with van der Waals surface area (Å²) in [5, 5.41) is 14.0. The number of ketones is 1. The average Bonchev–Trinajstić information content (AvgIpc) is 3.30. The molecule has 176 valence electrons. The van der Waals surface area contributed by atoms with Gasteiger partial charge in [0.1, 0.15) is 11.5 Å². The molecule has 2 fully saturated rings. The number of thiazole rings is 1. The topological polar surface area (TPSA) is 79.3 Å². The number of aromatic hydroxyl groups is 1. The van der Waals surface area contributed by atoms with Crippen LogP contribution in [-0.2, 0) is 16.0 Å².